The molecule has 1 aliphatic rings. The average molecular weight is 478 g/mol. The fourth-order valence-corrected chi connectivity index (χ4v) is 4.90. The number of aromatic nitrogens is 5. The van der Waals surface area contributed by atoms with Crippen LogP contribution < -0.4 is 10.6 Å². The number of nitrogens with one attached hydrogen (secondary N) is 3. The van der Waals surface area contributed by atoms with Crippen molar-refractivity contribution in [2.24, 2.45) is 11.8 Å². The Morgan fingerprint density at radius 3 is 2.46 bits per heavy atom. The summed E-state index contributed by atoms with van der Waals surface area (Å²) in [6.45, 7) is 10.1. The first-order valence-electron chi connectivity index (χ1n) is 12.4. The second-order valence-electron chi connectivity index (χ2n) is 9.96. The first-order valence-corrected chi connectivity index (χ1v) is 12.4. The molecular formula is C26H35N7O2. The second kappa shape index (κ2) is 10.4. The lowest BCUT2D eigenvalue weighted by atomic mass is 9.79. The van der Waals surface area contributed by atoms with Gasteiger partial charge in [0.15, 0.2) is 0 Å². The minimum absolute atomic E-state index is 0.0423. The molecule has 3 N–H and O–H groups in total. The Bertz CT molecular complexity index is 1150. The van der Waals surface area contributed by atoms with Crippen molar-refractivity contribution in [3.05, 3.63) is 47.7 Å². The van der Waals surface area contributed by atoms with Gasteiger partial charge in [-0.05, 0) is 70.6 Å². The number of rotatable bonds is 7. The summed E-state index contributed by atoms with van der Waals surface area (Å²) in [7, 11) is 0. The minimum Gasteiger partial charge on any atom is -0.339 e. The summed E-state index contributed by atoms with van der Waals surface area (Å²) in [6, 6.07) is 4.80. The van der Waals surface area contributed by atoms with Crippen molar-refractivity contribution in [2.45, 2.75) is 72.4 Å². The maximum atomic E-state index is 13.4. The van der Waals surface area contributed by atoms with Gasteiger partial charge in [-0.1, -0.05) is 19.8 Å². The molecule has 9 nitrogen and oxygen atoms in total. The van der Waals surface area contributed by atoms with Crippen LogP contribution in [0.2, 0.25) is 0 Å². The number of carbonyl (C=O) groups is 2. The zero-order chi connectivity index (χ0) is 25.1. The lowest BCUT2D eigenvalue weighted by molar-refractivity contribution is -0.119. The third-order valence-corrected chi connectivity index (χ3v) is 6.91. The van der Waals surface area contributed by atoms with Gasteiger partial charge in [-0.2, -0.15) is 10.2 Å². The number of aryl methyl sites for hydroxylation is 2. The van der Waals surface area contributed by atoms with Crippen LogP contribution in [0.15, 0.2) is 30.6 Å². The first kappa shape index (κ1) is 24.6. The minimum atomic E-state index is -0.636. The molecule has 0 aromatic carbocycles. The lowest BCUT2D eigenvalue weighted by Gasteiger charge is -2.32. The number of anilines is 1. The molecule has 3 aromatic heterocycles. The van der Waals surface area contributed by atoms with Crippen LogP contribution in [0.5, 0.6) is 0 Å². The van der Waals surface area contributed by atoms with Gasteiger partial charge in [-0.25, -0.2) is 0 Å². The van der Waals surface area contributed by atoms with E-state index in [9.17, 15) is 9.59 Å². The number of hydrogen-bond donors (Lipinski definition) is 3. The van der Waals surface area contributed by atoms with Crippen LogP contribution in [0.25, 0.3) is 11.3 Å². The number of carbonyl (C=O) groups excluding carboxylic acids is 2. The van der Waals surface area contributed by atoms with Crippen LogP contribution in [-0.2, 0) is 4.79 Å². The van der Waals surface area contributed by atoms with E-state index < -0.39 is 6.04 Å². The number of amides is 2. The molecule has 186 valence electrons. The van der Waals surface area contributed by atoms with Crippen LogP contribution in [0, 0.1) is 25.7 Å². The van der Waals surface area contributed by atoms with Gasteiger partial charge >= 0.3 is 0 Å². The molecule has 2 amide bonds. The van der Waals surface area contributed by atoms with Gasteiger partial charge in [0.05, 0.1) is 23.3 Å². The van der Waals surface area contributed by atoms with Gasteiger partial charge in [0.25, 0.3) is 5.91 Å². The van der Waals surface area contributed by atoms with E-state index in [0.29, 0.717) is 17.3 Å². The summed E-state index contributed by atoms with van der Waals surface area (Å²) < 4.78 is 1.68. The molecular weight excluding hydrogens is 442 g/mol. The van der Waals surface area contributed by atoms with Crippen LogP contribution >= 0.6 is 0 Å². The Kier molecular flexibility index (Phi) is 7.33. The molecule has 1 saturated carbocycles. The summed E-state index contributed by atoms with van der Waals surface area (Å²) >= 11 is 0. The summed E-state index contributed by atoms with van der Waals surface area (Å²) in [4.78, 5) is 31.2. The van der Waals surface area contributed by atoms with Crippen molar-refractivity contribution in [3.63, 3.8) is 0 Å². The fourth-order valence-electron chi connectivity index (χ4n) is 4.90. The molecule has 3 heterocycles. The Hall–Kier alpha value is -3.49. The Morgan fingerprint density at radius 1 is 1.11 bits per heavy atom. The van der Waals surface area contributed by atoms with E-state index >= 15 is 0 Å². The molecule has 0 spiro atoms. The van der Waals surface area contributed by atoms with E-state index in [1.807, 2.05) is 39.8 Å². The van der Waals surface area contributed by atoms with Crippen LogP contribution in [-0.4, -0.2) is 42.8 Å². The van der Waals surface area contributed by atoms with E-state index in [1.165, 1.54) is 0 Å². The Morgan fingerprint density at radius 2 is 1.86 bits per heavy atom. The van der Waals surface area contributed by atoms with E-state index in [4.69, 9.17) is 0 Å². The van der Waals surface area contributed by atoms with E-state index in [2.05, 4.69) is 37.8 Å². The van der Waals surface area contributed by atoms with Crippen molar-refractivity contribution in [3.8, 4) is 11.3 Å². The topological polar surface area (TPSA) is 118 Å². The van der Waals surface area contributed by atoms with Crippen LogP contribution in [0.1, 0.15) is 74.4 Å². The highest BCUT2D eigenvalue weighted by molar-refractivity contribution is 6.00. The third-order valence-electron chi connectivity index (χ3n) is 6.91. The van der Waals surface area contributed by atoms with Crippen LogP contribution in [0.3, 0.4) is 0 Å². The van der Waals surface area contributed by atoms with Crippen molar-refractivity contribution < 1.29 is 9.59 Å². The quantitative estimate of drug-likeness (QED) is 0.465. The molecule has 1 aliphatic carbocycles. The number of aromatic amines is 1. The molecule has 0 unspecified atom stereocenters. The van der Waals surface area contributed by atoms with Gasteiger partial charge in [0.2, 0.25) is 5.91 Å². The maximum absolute atomic E-state index is 13.4. The maximum Gasteiger partial charge on any atom is 0.270 e. The molecule has 35 heavy (non-hydrogen) atoms. The first-order chi connectivity index (χ1) is 16.7. The molecule has 0 saturated heterocycles. The largest absolute Gasteiger partial charge is 0.339 e. The van der Waals surface area contributed by atoms with Gasteiger partial charge in [-0.3, -0.25) is 24.4 Å². The molecule has 4 rings (SSSR count). The van der Waals surface area contributed by atoms with Gasteiger partial charge < -0.3 is 10.6 Å². The number of nitrogens with zero attached hydrogens (tertiary/aromatic N) is 4. The van der Waals surface area contributed by atoms with Gasteiger partial charge in [0.1, 0.15) is 11.7 Å². The van der Waals surface area contributed by atoms with Crippen LogP contribution in [0.4, 0.5) is 5.69 Å². The standard InChI is InChI=1S/C26H35N7O2/c1-15(2)33-22(12-13-28-33)25(34)30-24(19-8-6-16(3)7-9-19)26(35)29-20-10-11-21(27-14-20)23-17(4)31-32-18(23)5/h10-16,19,24H,6-9H2,1-5H3,(H,29,35)(H,30,34)(H,31,32)/t16-,19-,24-/m1/s1. The monoisotopic (exact) mass is 477 g/mol. The molecule has 0 radical (unpaired) electrons. The molecule has 1 atom stereocenters. The number of H-pyrrole nitrogens is 1. The summed E-state index contributed by atoms with van der Waals surface area (Å²) in [6.07, 6.45) is 7.16. The zero-order valence-corrected chi connectivity index (χ0v) is 21.1. The van der Waals surface area contributed by atoms with Gasteiger partial charge in [-0.15, -0.1) is 0 Å². The van der Waals surface area contributed by atoms with Crippen molar-refractivity contribution in [2.75, 3.05) is 5.32 Å². The molecule has 1 fully saturated rings. The Labute approximate surface area is 206 Å². The Balaban J connectivity index is 1.52. The summed E-state index contributed by atoms with van der Waals surface area (Å²) in [5.74, 6) is 0.210. The smallest absolute Gasteiger partial charge is 0.270 e. The fraction of sp³-hybridized carbons (Fsp3) is 0.500. The normalized spacial score (nSPS) is 18.9. The predicted molar refractivity (Wildman–Crippen MR) is 135 cm³/mol. The molecule has 3 aromatic rings. The lowest BCUT2D eigenvalue weighted by Crippen LogP contribution is -2.49. The van der Waals surface area contributed by atoms with E-state index in [1.54, 1.807) is 23.1 Å². The number of hydrogen-bond acceptors (Lipinski definition) is 5. The molecule has 0 bridgehead atoms. The number of pyridine rings is 1. The average Bonchev–Trinajstić information content (AvgIpc) is 3.45. The van der Waals surface area contributed by atoms with E-state index in [-0.39, 0.29) is 23.8 Å². The highest BCUT2D eigenvalue weighted by atomic mass is 16.2. The summed E-state index contributed by atoms with van der Waals surface area (Å²) in [5.41, 5.74) is 4.63. The van der Waals surface area contributed by atoms with Gasteiger partial charge in [0, 0.05) is 23.5 Å². The van der Waals surface area contributed by atoms with Crippen molar-refractivity contribution >= 4 is 17.5 Å². The van der Waals surface area contributed by atoms with Crippen molar-refractivity contribution in [1.82, 2.24) is 30.3 Å². The predicted octanol–water partition coefficient (Wildman–Crippen LogP) is 4.43. The highest BCUT2D eigenvalue weighted by Crippen LogP contribution is 2.31. The van der Waals surface area contributed by atoms with E-state index in [0.717, 1.165) is 48.3 Å². The molecule has 0 aliphatic heterocycles. The SMILES string of the molecule is Cc1n[nH]c(C)c1-c1ccc(NC(=O)[C@H](NC(=O)c2ccnn2C(C)C)[C@H]2CC[C@H](C)CC2)cn1. The zero-order valence-electron chi connectivity index (χ0n) is 21.1. The van der Waals surface area contributed by atoms with Crippen molar-refractivity contribution in [1.29, 1.82) is 0 Å². The third kappa shape index (κ3) is 5.44. The highest BCUT2D eigenvalue weighted by Gasteiger charge is 2.33. The molecule has 9 heteroatoms. The summed E-state index contributed by atoms with van der Waals surface area (Å²) in [5, 5.41) is 17.5. The second-order valence-corrected chi connectivity index (χ2v) is 9.96.